The van der Waals surface area contributed by atoms with E-state index in [9.17, 15) is 9.18 Å². The molecule has 0 aliphatic rings. The van der Waals surface area contributed by atoms with Crippen LogP contribution in [0, 0.1) is 5.82 Å². The van der Waals surface area contributed by atoms with E-state index in [1.165, 1.54) is 18.2 Å². The number of rotatable bonds is 2. The van der Waals surface area contributed by atoms with Crippen LogP contribution >= 0.6 is 0 Å². The first-order chi connectivity index (χ1) is 9.65. The van der Waals surface area contributed by atoms with Crippen molar-refractivity contribution in [3.63, 3.8) is 0 Å². The van der Waals surface area contributed by atoms with Crippen molar-refractivity contribution in [2.45, 2.75) is 0 Å². The minimum absolute atomic E-state index is 0.000817. The summed E-state index contributed by atoms with van der Waals surface area (Å²) in [6, 6.07) is 11.4. The number of nitrogens with one attached hydrogen (secondary N) is 2. The van der Waals surface area contributed by atoms with Gasteiger partial charge >= 0.3 is 0 Å². The molecule has 100 valence electrons. The van der Waals surface area contributed by atoms with E-state index in [-0.39, 0.29) is 11.6 Å². The number of anilines is 2. The average molecular weight is 269 g/mol. The van der Waals surface area contributed by atoms with E-state index >= 15 is 0 Å². The van der Waals surface area contributed by atoms with Crippen LogP contribution in [0.15, 0.2) is 48.7 Å². The highest BCUT2D eigenvalue weighted by atomic mass is 19.1. The molecule has 0 aliphatic heterocycles. The van der Waals surface area contributed by atoms with Gasteiger partial charge in [0.05, 0.1) is 16.8 Å². The quantitative estimate of drug-likeness (QED) is 0.625. The van der Waals surface area contributed by atoms with Gasteiger partial charge in [-0.1, -0.05) is 12.1 Å². The number of hydrogen-bond donors (Lipinski definition) is 3. The second kappa shape index (κ2) is 4.70. The number of aromatic nitrogens is 1. The van der Waals surface area contributed by atoms with Gasteiger partial charge < -0.3 is 16.0 Å². The number of H-pyrrole nitrogens is 1. The van der Waals surface area contributed by atoms with E-state index in [0.717, 1.165) is 10.9 Å². The summed E-state index contributed by atoms with van der Waals surface area (Å²) in [6.45, 7) is 0. The molecule has 3 rings (SSSR count). The van der Waals surface area contributed by atoms with Crippen LogP contribution in [0.2, 0.25) is 0 Å². The number of benzene rings is 2. The van der Waals surface area contributed by atoms with Gasteiger partial charge in [0.15, 0.2) is 0 Å². The maximum atomic E-state index is 13.1. The Morgan fingerprint density at radius 1 is 1.20 bits per heavy atom. The summed E-state index contributed by atoms with van der Waals surface area (Å²) >= 11 is 0. The zero-order valence-corrected chi connectivity index (χ0v) is 10.5. The van der Waals surface area contributed by atoms with Gasteiger partial charge in [0, 0.05) is 17.3 Å². The summed E-state index contributed by atoms with van der Waals surface area (Å²) in [5.74, 6) is -0.779. The lowest BCUT2D eigenvalue weighted by molar-refractivity contribution is 0.102. The summed E-state index contributed by atoms with van der Waals surface area (Å²) in [7, 11) is 0. The number of hydrogen-bond acceptors (Lipinski definition) is 2. The predicted octanol–water partition coefficient (Wildman–Crippen LogP) is 3.14. The number of carbonyl (C=O) groups excluding carboxylic acids is 1. The smallest absolute Gasteiger partial charge is 0.257 e. The second-order valence-electron chi connectivity index (χ2n) is 4.44. The molecule has 5 heteroatoms. The van der Waals surface area contributed by atoms with Crippen LogP contribution in [-0.4, -0.2) is 10.9 Å². The minimum Gasteiger partial charge on any atom is -0.396 e. The topological polar surface area (TPSA) is 70.9 Å². The van der Waals surface area contributed by atoms with Gasteiger partial charge in [-0.3, -0.25) is 4.79 Å². The first kappa shape index (κ1) is 12.2. The third-order valence-electron chi connectivity index (χ3n) is 3.09. The summed E-state index contributed by atoms with van der Waals surface area (Å²) in [5, 5.41) is 3.66. The van der Waals surface area contributed by atoms with Crippen LogP contribution in [0.4, 0.5) is 15.8 Å². The highest BCUT2D eigenvalue weighted by molar-refractivity contribution is 6.12. The van der Waals surface area contributed by atoms with Gasteiger partial charge in [0.25, 0.3) is 5.91 Å². The number of fused-ring (bicyclic) bond motifs is 1. The van der Waals surface area contributed by atoms with E-state index in [4.69, 9.17) is 5.73 Å². The molecule has 1 heterocycles. The van der Waals surface area contributed by atoms with Crippen molar-refractivity contribution in [1.29, 1.82) is 0 Å². The number of aromatic amines is 1. The molecule has 0 bridgehead atoms. The Balaban J connectivity index is 1.93. The van der Waals surface area contributed by atoms with E-state index in [1.54, 1.807) is 12.3 Å². The third-order valence-corrected chi connectivity index (χ3v) is 3.09. The predicted molar refractivity (Wildman–Crippen MR) is 77.1 cm³/mol. The van der Waals surface area contributed by atoms with Crippen LogP contribution < -0.4 is 11.1 Å². The van der Waals surface area contributed by atoms with Crippen LogP contribution in [0.1, 0.15) is 10.4 Å². The average Bonchev–Trinajstić information content (AvgIpc) is 2.91. The summed E-state index contributed by atoms with van der Waals surface area (Å²) in [4.78, 5) is 15.3. The highest BCUT2D eigenvalue weighted by Gasteiger charge is 2.11. The van der Waals surface area contributed by atoms with E-state index in [1.807, 2.05) is 18.2 Å². The zero-order valence-electron chi connectivity index (χ0n) is 10.5. The molecule has 1 aromatic heterocycles. The van der Waals surface area contributed by atoms with Crippen LogP contribution in [0.5, 0.6) is 0 Å². The highest BCUT2D eigenvalue weighted by Crippen LogP contribution is 2.20. The van der Waals surface area contributed by atoms with Gasteiger partial charge in [0.1, 0.15) is 5.82 Å². The molecule has 0 saturated carbocycles. The molecular formula is C15H12FN3O. The second-order valence-corrected chi connectivity index (χ2v) is 4.44. The molecule has 0 fully saturated rings. The van der Waals surface area contributed by atoms with Crippen molar-refractivity contribution in [2.75, 3.05) is 11.1 Å². The number of carbonyl (C=O) groups is 1. The van der Waals surface area contributed by atoms with Gasteiger partial charge in [-0.15, -0.1) is 0 Å². The maximum absolute atomic E-state index is 13.1. The van der Waals surface area contributed by atoms with Crippen molar-refractivity contribution < 1.29 is 9.18 Å². The van der Waals surface area contributed by atoms with Gasteiger partial charge in [-0.05, 0) is 30.3 Å². The standard InChI is InChI=1S/C15H12FN3O/c16-12-5-4-10(8-13(12)17)19-15(20)11-3-1-2-9-6-7-18-14(9)11/h1-8,18H,17H2,(H,19,20). The van der Waals surface area contributed by atoms with Crippen molar-refractivity contribution in [3.05, 3.63) is 60.0 Å². The third kappa shape index (κ3) is 2.09. The Morgan fingerprint density at radius 3 is 2.85 bits per heavy atom. The molecule has 4 N–H and O–H groups in total. The first-order valence-electron chi connectivity index (χ1n) is 6.07. The largest absolute Gasteiger partial charge is 0.396 e. The Labute approximate surface area is 114 Å². The van der Waals surface area contributed by atoms with Crippen molar-refractivity contribution in [1.82, 2.24) is 4.98 Å². The molecule has 0 saturated heterocycles. The number of halogens is 1. The maximum Gasteiger partial charge on any atom is 0.257 e. The fourth-order valence-electron chi connectivity index (χ4n) is 2.09. The van der Waals surface area contributed by atoms with Crippen molar-refractivity contribution >= 4 is 28.2 Å². The van der Waals surface area contributed by atoms with Gasteiger partial charge in [-0.25, -0.2) is 4.39 Å². The SMILES string of the molecule is Nc1cc(NC(=O)c2cccc3cc[nH]c23)ccc1F. The Bertz CT molecular complexity index is 795. The fourth-order valence-corrected chi connectivity index (χ4v) is 2.09. The normalized spacial score (nSPS) is 10.7. The monoisotopic (exact) mass is 269 g/mol. The molecule has 0 unspecified atom stereocenters. The van der Waals surface area contributed by atoms with Crippen molar-refractivity contribution in [3.8, 4) is 0 Å². The van der Waals surface area contributed by atoms with Crippen LogP contribution in [0.25, 0.3) is 10.9 Å². The summed E-state index contributed by atoms with van der Waals surface area (Å²) in [6.07, 6.45) is 1.78. The number of amides is 1. The molecule has 0 spiro atoms. The summed E-state index contributed by atoms with van der Waals surface area (Å²) < 4.78 is 13.1. The Hall–Kier alpha value is -2.82. The molecule has 4 nitrogen and oxygen atoms in total. The molecule has 0 radical (unpaired) electrons. The lowest BCUT2D eigenvalue weighted by Gasteiger charge is -2.07. The molecule has 0 atom stereocenters. The lowest BCUT2D eigenvalue weighted by atomic mass is 10.1. The fraction of sp³-hybridized carbons (Fsp3) is 0. The van der Waals surface area contributed by atoms with Gasteiger partial charge in [-0.2, -0.15) is 0 Å². The molecular weight excluding hydrogens is 257 g/mol. The molecule has 3 aromatic rings. The van der Waals surface area contributed by atoms with Crippen molar-refractivity contribution in [2.24, 2.45) is 0 Å². The molecule has 1 amide bonds. The van der Waals surface area contributed by atoms with E-state index in [2.05, 4.69) is 10.3 Å². The first-order valence-corrected chi connectivity index (χ1v) is 6.07. The zero-order chi connectivity index (χ0) is 14.1. The Kier molecular flexibility index (Phi) is 2.87. The molecule has 0 aliphatic carbocycles. The van der Waals surface area contributed by atoms with Crippen LogP contribution in [-0.2, 0) is 0 Å². The number of nitrogen functional groups attached to an aromatic ring is 1. The Morgan fingerprint density at radius 2 is 2.05 bits per heavy atom. The summed E-state index contributed by atoms with van der Waals surface area (Å²) in [5.41, 5.74) is 7.22. The molecule has 20 heavy (non-hydrogen) atoms. The van der Waals surface area contributed by atoms with Crippen LogP contribution in [0.3, 0.4) is 0 Å². The minimum atomic E-state index is -0.505. The number of para-hydroxylation sites is 1. The van der Waals surface area contributed by atoms with Gasteiger partial charge in [0.2, 0.25) is 0 Å². The van der Waals surface area contributed by atoms with E-state index < -0.39 is 5.82 Å². The van der Waals surface area contributed by atoms with E-state index in [0.29, 0.717) is 11.3 Å². The lowest BCUT2D eigenvalue weighted by Crippen LogP contribution is -2.12. The molecule has 2 aromatic carbocycles. The number of nitrogens with two attached hydrogens (primary N) is 1.